The number of hydrogen-bond donors (Lipinski definition) is 2. The Morgan fingerprint density at radius 1 is 1.32 bits per heavy atom. The molecule has 0 aliphatic carbocycles. The molecular weight excluding hydrogens is 322 g/mol. The fourth-order valence-corrected chi connectivity index (χ4v) is 3.09. The summed E-state index contributed by atoms with van der Waals surface area (Å²) >= 11 is 6.01. The maximum atomic E-state index is 12.0. The Balaban J connectivity index is 1.83. The van der Waals surface area contributed by atoms with Crippen LogP contribution in [0.4, 0.5) is 5.82 Å². The Morgan fingerprint density at radius 3 is 2.68 bits per heavy atom. The van der Waals surface area contributed by atoms with Crippen LogP contribution in [0.25, 0.3) is 0 Å². The Labute approximate surface area is 136 Å². The van der Waals surface area contributed by atoms with Crippen LogP contribution < -0.4 is 11.1 Å². The number of rotatable bonds is 7. The molecule has 1 heterocycles. The predicted molar refractivity (Wildman–Crippen MR) is 89.4 cm³/mol. The predicted octanol–water partition coefficient (Wildman–Crippen LogP) is 2.19. The number of nitrogens with two attached hydrogens (primary N) is 1. The van der Waals surface area contributed by atoms with Crippen molar-refractivity contribution in [2.75, 3.05) is 17.6 Å². The molecule has 1 aromatic heterocycles. The molecule has 0 bridgehead atoms. The Morgan fingerprint density at radius 2 is 2.05 bits per heavy atom. The number of nitrogens with zero attached hydrogens (tertiary/aromatic N) is 1. The summed E-state index contributed by atoms with van der Waals surface area (Å²) in [5, 5.41) is 3.32. The van der Waals surface area contributed by atoms with Crippen molar-refractivity contribution in [2.24, 2.45) is 5.73 Å². The normalized spacial score (nSPS) is 11.9. The molecule has 0 radical (unpaired) electrons. The summed E-state index contributed by atoms with van der Waals surface area (Å²) in [6.45, 7) is 0.474. The van der Waals surface area contributed by atoms with Crippen LogP contribution in [0.3, 0.4) is 0 Å². The Bertz CT molecular complexity index is 680. The van der Waals surface area contributed by atoms with Crippen molar-refractivity contribution < 1.29 is 9.00 Å². The first kappa shape index (κ1) is 16.5. The SMILES string of the molecule is NC(=O)c1cnc(NCCS(=O)Cc2ccccc2)c(Cl)c1. The van der Waals surface area contributed by atoms with Crippen LogP contribution in [0.1, 0.15) is 15.9 Å². The highest BCUT2D eigenvalue weighted by Gasteiger charge is 2.07. The molecule has 3 N–H and O–H groups in total. The lowest BCUT2D eigenvalue weighted by Gasteiger charge is -2.08. The smallest absolute Gasteiger partial charge is 0.250 e. The fraction of sp³-hybridized carbons (Fsp3) is 0.200. The van der Waals surface area contributed by atoms with Crippen LogP contribution in [0, 0.1) is 0 Å². The van der Waals surface area contributed by atoms with Gasteiger partial charge >= 0.3 is 0 Å². The van der Waals surface area contributed by atoms with E-state index in [-0.39, 0.29) is 5.56 Å². The number of hydrogen-bond acceptors (Lipinski definition) is 4. The first-order chi connectivity index (χ1) is 10.6. The van der Waals surface area contributed by atoms with Gasteiger partial charge in [-0.3, -0.25) is 9.00 Å². The monoisotopic (exact) mass is 337 g/mol. The second-order valence-electron chi connectivity index (χ2n) is 4.62. The van der Waals surface area contributed by atoms with Gasteiger partial charge in [0.2, 0.25) is 5.91 Å². The van der Waals surface area contributed by atoms with Gasteiger partial charge in [0.15, 0.2) is 0 Å². The lowest BCUT2D eigenvalue weighted by Crippen LogP contribution is -2.15. The molecule has 0 aliphatic rings. The maximum absolute atomic E-state index is 12.0. The topological polar surface area (TPSA) is 85.1 Å². The van der Waals surface area contributed by atoms with Crippen molar-refractivity contribution in [3.63, 3.8) is 0 Å². The molecule has 0 fully saturated rings. The van der Waals surface area contributed by atoms with E-state index < -0.39 is 16.7 Å². The molecule has 1 amide bonds. The van der Waals surface area contributed by atoms with Gasteiger partial charge in [0.1, 0.15) is 5.82 Å². The van der Waals surface area contributed by atoms with Gasteiger partial charge in [0.05, 0.1) is 10.6 Å². The van der Waals surface area contributed by atoms with Crippen molar-refractivity contribution in [3.8, 4) is 0 Å². The van der Waals surface area contributed by atoms with Gasteiger partial charge in [0, 0.05) is 35.0 Å². The van der Waals surface area contributed by atoms with E-state index in [9.17, 15) is 9.00 Å². The zero-order chi connectivity index (χ0) is 15.9. The van der Waals surface area contributed by atoms with Crippen LogP contribution in [-0.2, 0) is 16.6 Å². The summed E-state index contributed by atoms with van der Waals surface area (Å²) in [5.41, 5.74) is 6.44. The van der Waals surface area contributed by atoms with Crippen LogP contribution in [0.5, 0.6) is 0 Å². The van der Waals surface area contributed by atoms with Gasteiger partial charge < -0.3 is 11.1 Å². The van der Waals surface area contributed by atoms with Crippen molar-refractivity contribution in [3.05, 3.63) is 58.7 Å². The molecule has 2 aromatic rings. The highest BCUT2D eigenvalue weighted by molar-refractivity contribution is 7.84. The summed E-state index contributed by atoms with van der Waals surface area (Å²) in [7, 11) is -0.970. The van der Waals surface area contributed by atoms with E-state index >= 15 is 0 Å². The van der Waals surface area contributed by atoms with E-state index in [1.54, 1.807) is 0 Å². The molecule has 1 unspecified atom stereocenters. The molecule has 22 heavy (non-hydrogen) atoms. The molecule has 2 rings (SSSR count). The minimum Gasteiger partial charge on any atom is -0.368 e. The molecule has 0 saturated heterocycles. The summed E-state index contributed by atoms with van der Waals surface area (Å²) in [4.78, 5) is 15.0. The maximum Gasteiger partial charge on any atom is 0.250 e. The number of halogens is 1. The first-order valence-electron chi connectivity index (χ1n) is 6.64. The molecular formula is C15H16ClN3O2S. The fourth-order valence-electron chi connectivity index (χ4n) is 1.82. The van der Waals surface area contributed by atoms with E-state index in [0.717, 1.165) is 5.56 Å². The molecule has 0 saturated carbocycles. The number of anilines is 1. The van der Waals surface area contributed by atoms with Crippen molar-refractivity contribution >= 4 is 34.1 Å². The molecule has 1 atom stereocenters. The van der Waals surface area contributed by atoms with Gasteiger partial charge in [0.25, 0.3) is 0 Å². The van der Waals surface area contributed by atoms with Gasteiger partial charge in [-0.2, -0.15) is 0 Å². The zero-order valence-electron chi connectivity index (χ0n) is 11.8. The standard InChI is InChI=1S/C15H16ClN3O2S/c16-13-8-12(14(17)20)9-19-15(13)18-6-7-22(21)10-11-4-2-1-3-5-11/h1-5,8-9H,6-7,10H2,(H2,17,20)(H,18,19). The lowest BCUT2D eigenvalue weighted by atomic mass is 10.2. The average molecular weight is 338 g/mol. The minimum absolute atomic E-state index is 0.253. The van der Waals surface area contributed by atoms with Crippen LogP contribution in [0.2, 0.25) is 5.02 Å². The number of aromatic nitrogens is 1. The summed E-state index contributed by atoms with van der Waals surface area (Å²) in [6, 6.07) is 11.1. The number of nitrogens with one attached hydrogen (secondary N) is 1. The third-order valence-electron chi connectivity index (χ3n) is 2.92. The number of carbonyl (C=O) groups is 1. The third kappa shape index (κ3) is 4.82. The third-order valence-corrected chi connectivity index (χ3v) is 4.52. The highest BCUT2D eigenvalue weighted by atomic mass is 35.5. The van der Waals surface area contributed by atoms with Gasteiger partial charge in [-0.15, -0.1) is 0 Å². The Kier molecular flexibility index (Phi) is 5.91. The second kappa shape index (κ2) is 7.91. The van der Waals surface area contributed by atoms with Gasteiger partial charge in [-0.25, -0.2) is 4.98 Å². The summed E-state index contributed by atoms with van der Waals surface area (Å²) < 4.78 is 12.0. The number of amides is 1. The summed E-state index contributed by atoms with van der Waals surface area (Å²) in [5.74, 6) is 0.864. The van der Waals surface area contributed by atoms with Crippen LogP contribution in [-0.4, -0.2) is 27.4 Å². The highest BCUT2D eigenvalue weighted by Crippen LogP contribution is 2.19. The summed E-state index contributed by atoms with van der Waals surface area (Å²) in [6.07, 6.45) is 1.36. The van der Waals surface area contributed by atoms with Crippen molar-refractivity contribution in [1.29, 1.82) is 0 Å². The molecule has 5 nitrogen and oxygen atoms in total. The second-order valence-corrected chi connectivity index (χ2v) is 6.60. The minimum atomic E-state index is -0.970. The van der Waals surface area contributed by atoms with Crippen molar-refractivity contribution in [1.82, 2.24) is 4.98 Å². The largest absolute Gasteiger partial charge is 0.368 e. The van der Waals surface area contributed by atoms with Gasteiger partial charge in [-0.1, -0.05) is 41.9 Å². The molecule has 7 heteroatoms. The van der Waals surface area contributed by atoms with Crippen molar-refractivity contribution in [2.45, 2.75) is 5.75 Å². The average Bonchev–Trinajstić information content (AvgIpc) is 2.49. The number of carbonyl (C=O) groups excluding carboxylic acids is 1. The van der Waals surface area contributed by atoms with Gasteiger partial charge in [-0.05, 0) is 11.6 Å². The lowest BCUT2D eigenvalue weighted by molar-refractivity contribution is 0.1000. The number of benzene rings is 1. The van der Waals surface area contributed by atoms with E-state index in [0.29, 0.717) is 28.9 Å². The first-order valence-corrected chi connectivity index (χ1v) is 8.51. The van der Waals surface area contributed by atoms with Crippen LogP contribution >= 0.6 is 11.6 Å². The van der Waals surface area contributed by atoms with E-state index in [4.69, 9.17) is 17.3 Å². The molecule has 116 valence electrons. The molecule has 0 aliphatic heterocycles. The zero-order valence-corrected chi connectivity index (χ0v) is 13.4. The number of pyridine rings is 1. The Hall–Kier alpha value is -1.92. The van der Waals surface area contributed by atoms with E-state index in [1.807, 2.05) is 30.3 Å². The van der Waals surface area contributed by atoms with Crippen LogP contribution in [0.15, 0.2) is 42.6 Å². The van der Waals surface area contributed by atoms with E-state index in [1.165, 1.54) is 12.3 Å². The number of primary amides is 1. The van der Waals surface area contributed by atoms with E-state index in [2.05, 4.69) is 10.3 Å². The molecule has 1 aromatic carbocycles. The quantitative estimate of drug-likeness (QED) is 0.811. The molecule has 0 spiro atoms.